The Labute approximate surface area is 108 Å². The van der Waals surface area contributed by atoms with Crippen LogP contribution in [0.25, 0.3) is 0 Å². The van der Waals surface area contributed by atoms with E-state index in [9.17, 15) is 14.3 Å². The van der Waals surface area contributed by atoms with Crippen LogP contribution in [0.5, 0.6) is 0 Å². The van der Waals surface area contributed by atoms with E-state index in [0.29, 0.717) is 12.1 Å². The third kappa shape index (κ3) is 4.09. The summed E-state index contributed by atoms with van der Waals surface area (Å²) in [5, 5.41) is 11.8. The molecule has 1 fully saturated rings. The summed E-state index contributed by atoms with van der Waals surface area (Å²) >= 11 is 0. The second-order valence-corrected chi connectivity index (χ2v) is 6.23. The fourth-order valence-corrected chi connectivity index (χ4v) is 1.81. The van der Waals surface area contributed by atoms with Gasteiger partial charge in [-0.25, -0.2) is 4.39 Å². The van der Waals surface area contributed by atoms with Crippen molar-refractivity contribution in [3.63, 3.8) is 0 Å². The summed E-state index contributed by atoms with van der Waals surface area (Å²) in [6.07, 6.45) is 1.96. The Morgan fingerprint density at radius 1 is 1.44 bits per heavy atom. The molecular formula is C14H24FNO2. The quantitative estimate of drug-likeness (QED) is 0.743. The molecule has 1 rings (SSSR count). The number of carbonyl (C=O) groups is 1. The Hall–Kier alpha value is -0.900. The minimum Gasteiger partial charge on any atom is -0.396 e. The molecule has 0 aromatic rings. The fourth-order valence-electron chi connectivity index (χ4n) is 1.81. The predicted molar refractivity (Wildman–Crippen MR) is 69.6 cm³/mol. The minimum absolute atomic E-state index is 0.0171. The summed E-state index contributed by atoms with van der Waals surface area (Å²) in [7, 11) is 0. The van der Waals surface area contributed by atoms with Crippen molar-refractivity contribution in [1.29, 1.82) is 0 Å². The molecule has 1 aliphatic carbocycles. The molecule has 1 amide bonds. The third-order valence-electron chi connectivity index (χ3n) is 3.69. The highest BCUT2D eigenvalue weighted by atomic mass is 19.1. The first kappa shape index (κ1) is 15.2. The van der Waals surface area contributed by atoms with Gasteiger partial charge in [-0.05, 0) is 36.7 Å². The van der Waals surface area contributed by atoms with E-state index in [1.54, 1.807) is 6.92 Å². The molecule has 1 atom stereocenters. The van der Waals surface area contributed by atoms with E-state index in [1.807, 2.05) is 20.8 Å². The van der Waals surface area contributed by atoms with E-state index >= 15 is 0 Å². The lowest BCUT2D eigenvalue weighted by Gasteiger charge is -2.29. The van der Waals surface area contributed by atoms with Crippen LogP contribution in [-0.2, 0) is 4.79 Å². The van der Waals surface area contributed by atoms with Gasteiger partial charge in [-0.1, -0.05) is 20.8 Å². The van der Waals surface area contributed by atoms with Crippen molar-refractivity contribution in [3.8, 4) is 0 Å². The predicted octanol–water partition coefficient (Wildman–Crippen LogP) is 2.41. The van der Waals surface area contributed by atoms with Crippen LogP contribution in [0.4, 0.5) is 4.39 Å². The lowest BCUT2D eigenvalue weighted by atomic mass is 9.81. The SMILES string of the molecule is C/C(=C(/F)C(=O)NCC(CO)C(C)(C)C)C1CC1. The molecule has 1 unspecified atom stereocenters. The highest BCUT2D eigenvalue weighted by Crippen LogP contribution is 2.37. The molecule has 104 valence electrons. The van der Waals surface area contributed by atoms with Crippen LogP contribution in [-0.4, -0.2) is 24.2 Å². The summed E-state index contributed by atoms with van der Waals surface area (Å²) in [4.78, 5) is 11.6. The highest BCUT2D eigenvalue weighted by molar-refractivity contribution is 5.92. The van der Waals surface area contributed by atoms with Gasteiger partial charge in [0.2, 0.25) is 0 Å². The van der Waals surface area contributed by atoms with Crippen molar-refractivity contribution in [2.24, 2.45) is 17.3 Å². The van der Waals surface area contributed by atoms with Gasteiger partial charge in [-0.3, -0.25) is 4.79 Å². The summed E-state index contributed by atoms with van der Waals surface area (Å²) in [6, 6.07) is 0. The largest absolute Gasteiger partial charge is 0.396 e. The molecule has 3 nitrogen and oxygen atoms in total. The number of halogens is 1. The molecule has 1 saturated carbocycles. The Morgan fingerprint density at radius 2 is 2.00 bits per heavy atom. The van der Waals surface area contributed by atoms with Gasteiger partial charge >= 0.3 is 0 Å². The first-order valence-electron chi connectivity index (χ1n) is 6.52. The van der Waals surface area contributed by atoms with Crippen LogP contribution >= 0.6 is 0 Å². The molecule has 18 heavy (non-hydrogen) atoms. The van der Waals surface area contributed by atoms with Crippen LogP contribution in [0.3, 0.4) is 0 Å². The number of rotatable bonds is 5. The molecular weight excluding hydrogens is 233 g/mol. The van der Waals surface area contributed by atoms with Crippen molar-refractivity contribution in [2.45, 2.75) is 40.5 Å². The molecule has 0 heterocycles. The second-order valence-electron chi connectivity index (χ2n) is 6.23. The monoisotopic (exact) mass is 257 g/mol. The first-order valence-corrected chi connectivity index (χ1v) is 6.52. The van der Waals surface area contributed by atoms with Gasteiger partial charge in [0.15, 0.2) is 5.83 Å². The summed E-state index contributed by atoms with van der Waals surface area (Å²) in [5.41, 5.74) is 0.442. The van der Waals surface area contributed by atoms with E-state index in [4.69, 9.17) is 0 Å². The average Bonchev–Trinajstić information content (AvgIpc) is 3.09. The summed E-state index contributed by atoms with van der Waals surface area (Å²) in [5.74, 6) is -1.12. The van der Waals surface area contributed by atoms with Crippen molar-refractivity contribution in [3.05, 3.63) is 11.4 Å². The van der Waals surface area contributed by atoms with E-state index < -0.39 is 11.7 Å². The molecule has 0 aromatic heterocycles. The zero-order chi connectivity index (χ0) is 13.9. The smallest absolute Gasteiger partial charge is 0.279 e. The van der Waals surface area contributed by atoms with Crippen molar-refractivity contribution in [1.82, 2.24) is 5.32 Å². The fraction of sp³-hybridized carbons (Fsp3) is 0.786. The number of nitrogens with one attached hydrogen (secondary N) is 1. The Bertz CT molecular complexity index is 340. The number of hydrogen-bond donors (Lipinski definition) is 2. The van der Waals surface area contributed by atoms with Gasteiger partial charge in [0.1, 0.15) is 0 Å². The average molecular weight is 257 g/mol. The van der Waals surface area contributed by atoms with Crippen molar-refractivity contribution < 1.29 is 14.3 Å². The lowest BCUT2D eigenvalue weighted by molar-refractivity contribution is -0.119. The van der Waals surface area contributed by atoms with Gasteiger partial charge < -0.3 is 10.4 Å². The van der Waals surface area contributed by atoms with E-state index in [2.05, 4.69) is 5.32 Å². The van der Waals surface area contributed by atoms with Crippen LogP contribution in [0.1, 0.15) is 40.5 Å². The number of allylic oxidation sites excluding steroid dienone is 1. The number of hydrogen-bond acceptors (Lipinski definition) is 2. The molecule has 1 aliphatic rings. The van der Waals surface area contributed by atoms with E-state index in [1.165, 1.54) is 0 Å². The Kier molecular flexibility index (Phi) is 4.91. The Balaban J connectivity index is 2.52. The molecule has 0 saturated heterocycles. The van der Waals surface area contributed by atoms with Gasteiger partial charge in [0.25, 0.3) is 5.91 Å². The maximum absolute atomic E-state index is 13.7. The topological polar surface area (TPSA) is 49.3 Å². The molecule has 0 radical (unpaired) electrons. The van der Waals surface area contributed by atoms with Crippen molar-refractivity contribution in [2.75, 3.05) is 13.2 Å². The maximum atomic E-state index is 13.7. The number of carbonyl (C=O) groups excluding carboxylic acids is 1. The third-order valence-corrected chi connectivity index (χ3v) is 3.69. The summed E-state index contributed by atoms with van der Waals surface area (Å²) < 4.78 is 13.7. The normalized spacial score (nSPS) is 19.2. The second kappa shape index (κ2) is 5.83. The number of aliphatic hydroxyl groups excluding tert-OH is 1. The minimum atomic E-state index is -0.651. The van der Waals surface area contributed by atoms with Crippen LogP contribution in [0.2, 0.25) is 0 Å². The van der Waals surface area contributed by atoms with Gasteiger partial charge in [-0.2, -0.15) is 0 Å². The first-order chi connectivity index (χ1) is 8.27. The van der Waals surface area contributed by atoms with Crippen molar-refractivity contribution >= 4 is 5.91 Å². The van der Waals surface area contributed by atoms with Gasteiger partial charge in [0, 0.05) is 19.1 Å². The van der Waals surface area contributed by atoms with Crippen LogP contribution in [0, 0.1) is 17.3 Å². The van der Waals surface area contributed by atoms with Gasteiger partial charge in [-0.15, -0.1) is 0 Å². The molecule has 0 aliphatic heterocycles. The summed E-state index contributed by atoms with van der Waals surface area (Å²) in [6.45, 7) is 7.92. The lowest BCUT2D eigenvalue weighted by Crippen LogP contribution is -2.37. The molecule has 0 spiro atoms. The molecule has 0 bridgehead atoms. The van der Waals surface area contributed by atoms with E-state index in [0.717, 1.165) is 12.8 Å². The van der Waals surface area contributed by atoms with Crippen LogP contribution in [0.15, 0.2) is 11.4 Å². The van der Waals surface area contributed by atoms with Gasteiger partial charge in [0.05, 0.1) is 0 Å². The maximum Gasteiger partial charge on any atom is 0.279 e. The molecule has 4 heteroatoms. The highest BCUT2D eigenvalue weighted by Gasteiger charge is 2.29. The number of aliphatic hydroxyl groups is 1. The number of amides is 1. The Morgan fingerprint density at radius 3 is 2.39 bits per heavy atom. The molecule has 2 N–H and O–H groups in total. The van der Waals surface area contributed by atoms with Crippen LogP contribution < -0.4 is 5.32 Å². The zero-order valence-corrected chi connectivity index (χ0v) is 11.7. The molecule has 0 aromatic carbocycles. The van der Waals surface area contributed by atoms with E-state index in [-0.39, 0.29) is 23.9 Å². The standard InChI is InChI=1S/C14H24FNO2/c1-9(10-5-6-10)12(15)13(18)16-7-11(8-17)14(2,3)4/h10-11,17H,5-8H2,1-4H3,(H,16,18)/b12-9-. The zero-order valence-electron chi connectivity index (χ0n) is 11.7.